The number of benzene rings is 8. The lowest BCUT2D eigenvalue weighted by molar-refractivity contribution is -0.169. The van der Waals surface area contributed by atoms with Crippen LogP contribution < -0.4 is 18.9 Å². The Morgan fingerprint density at radius 3 is 0.697 bits per heavy atom. The first-order chi connectivity index (χ1) is 48.5. The molecule has 0 aliphatic rings. The largest absolute Gasteiger partial charge is 0.494 e. The van der Waals surface area contributed by atoms with Crippen LogP contribution in [0.5, 0.6) is 23.0 Å². The van der Waals surface area contributed by atoms with Crippen molar-refractivity contribution in [1.29, 1.82) is 21.0 Å². The van der Waals surface area contributed by atoms with Gasteiger partial charge in [0.15, 0.2) is 12.2 Å². The summed E-state index contributed by atoms with van der Waals surface area (Å²) in [6.45, 7) is 0.777. The standard InChI is InChI=1S/C82H82N4O13/c83-53-61-17-25-65(26-18-61)69-33-41-73(42-34-69)92-49-9-1-5-13-79(87)96-59-77(98-81(89)15-7-3-11-51-94-75-45-37-71(38-46-75)67-29-21-63(55-85)22-30-67)57-91-58-78(99-82(90)16-8-4-12-52-95-76-47-39-72(40-48-76)68-31-23-64(56-86)24-32-68)60-97-80(88)14-6-2-10-50-93-74-43-35-70(36-44-74)66-27-19-62(54-84)20-28-66/h17-48,77-78H,1-16,49-52,57-60H2. The molecular formula is C82H82N4O13. The van der Waals surface area contributed by atoms with Crippen molar-refractivity contribution in [3.8, 4) is 91.8 Å². The molecule has 0 radical (unpaired) electrons. The number of esters is 4. The minimum Gasteiger partial charge on any atom is -0.494 e. The molecule has 8 aromatic rings. The molecule has 2 unspecified atom stereocenters. The first-order valence-electron chi connectivity index (χ1n) is 33.7. The van der Waals surface area contributed by atoms with Gasteiger partial charge in [-0.2, -0.15) is 21.0 Å². The van der Waals surface area contributed by atoms with E-state index in [0.29, 0.717) is 137 Å². The molecule has 0 aromatic heterocycles. The van der Waals surface area contributed by atoms with Gasteiger partial charge in [-0.15, -0.1) is 0 Å². The van der Waals surface area contributed by atoms with E-state index in [1.165, 1.54) is 0 Å². The van der Waals surface area contributed by atoms with E-state index in [9.17, 15) is 19.2 Å². The molecule has 17 heteroatoms. The molecule has 0 saturated heterocycles. The van der Waals surface area contributed by atoms with Crippen molar-refractivity contribution in [3.63, 3.8) is 0 Å². The lowest BCUT2D eigenvalue weighted by Gasteiger charge is -2.21. The van der Waals surface area contributed by atoms with Gasteiger partial charge in [0.25, 0.3) is 0 Å². The molecule has 0 saturated carbocycles. The SMILES string of the molecule is N#Cc1ccc(-c2ccc(OCCCCCC(=O)OCC(COCC(COC(=O)CCCCCOc3ccc(-c4ccc(C#N)cc4)cc3)OC(=O)CCCCCOc3ccc(-c4ccc(C#N)cc4)cc3)OC(=O)CCCCCOc3ccc(-c4ccc(C#N)cc4)cc3)cc2)cc1. The Morgan fingerprint density at radius 2 is 0.475 bits per heavy atom. The monoisotopic (exact) mass is 1330 g/mol. The number of hydrogen-bond donors (Lipinski definition) is 0. The number of carbonyl (C=O) groups excluding carboxylic acids is 4. The van der Waals surface area contributed by atoms with E-state index in [0.717, 1.165) is 56.0 Å². The zero-order chi connectivity index (χ0) is 69.5. The van der Waals surface area contributed by atoms with Gasteiger partial charge in [-0.05, 0) is 219 Å². The second kappa shape index (κ2) is 41.7. The molecule has 17 nitrogen and oxygen atoms in total. The van der Waals surface area contributed by atoms with Gasteiger partial charge in [0.2, 0.25) is 0 Å². The van der Waals surface area contributed by atoms with Gasteiger partial charge in [-0.25, -0.2) is 0 Å². The zero-order valence-corrected chi connectivity index (χ0v) is 55.7. The van der Waals surface area contributed by atoms with Crippen molar-refractivity contribution in [3.05, 3.63) is 216 Å². The quantitative estimate of drug-likeness (QED) is 0.0196. The van der Waals surface area contributed by atoms with Crippen LogP contribution in [0.2, 0.25) is 0 Å². The normalized spacial score (nSPS) is 11.3. The lowest BCUT2D eigenvalue weighted by Crippen LogP contribution is -2.34. The number of nitriles is 4. The predicted molar refractivity (Wildman–Crippen MR) is 375 cm³/mol. The Labute approximate surface area is 579 Å². The molecule has 0 N–H and O–H groups in total. The number of nitrogens with zero attached hydrogens (tertiary/aromatic N) is 4. The fraction of sp³-hybridized carbons (Fsp3) is 0.317. The van der Waals surface area contributed by atoms with Crippen LogP contribution in [-0.4, -0.2) is 88.9 Å². The Balaban J connectivity index is 0.793. The van der Waals surface area contributed by atoms with Crippen LogP contribution in [-0.2, 0) is 42.9 Å². The molecule has 2 atom stereocenters. The highest BCUT2D eigenvalue weighted by Crippen LogP contribution is 2.28. The second-order valence-electron chi connectivity index (χ2n) is 23.6. The van der Waals surface area contributed by atoms with E-state index >= 15 is 0 Å². The molecule has 8 rings (SSSR count). The van der Waals surface area contributed by atoms with Crippen LogP contribution in [0.15, 0.2) is 194 Å². The molecule has 0 aliphatic carbocycles. The molecular weight excluding hydrogens is 1250 g/mol. The highest BCUT2D eigenvalue weighted by molar-refractivity contribution is 5.72. The van der Waals surface area contributed by atoms with E-state index in [-0.39, 0.29) is 52.1 Å². The fourth-order valence-corrected chi connectivity index (χ4v) is 10.4. The van der Waals surface area contributed by atoms with Crippen molar-refractivity contribution in [2.45, 2.75) is 115 Å². The minimum atomic E-state index is -1.01. The van der Waals surface area contributed by atoms with Crippen LogP contribution in [0, 0.1) is 45.3 Å². The molecule has 0 heterocycles. The number of rotatable bonds is 42. The summed E-state index contributed by atoms with van der Waals surface area (Å²) in [5, 5.41) is 36.5. The third kappa shape index (κ3) is 26.7. The Kier molecular flexibility index (Phi) is 31.0. The summed E-state index contributed by atoms with van der Waals surface area (Å²) in [6.07, 6.45) is 6.03. The number of carbonyl (C=O) groups is 4. The van der Waals surface area contributed by atoms with Crippen molar-refractivity contribution in [2.24, 2.45) is 0 Å². The molecule has 0 amide bonds. The summed E-state index contributed by atoms with van der Waals surface area (Å²) in [7, 11) is 0. The molecule has 0 fully saturated rings. The van der Waals surface area contributed by atoms with Gasteiger partial charge in [0.1, 0.15) is 36.2 Å². The van der Waals surface area contributed by atoms with Crippen molar-refractivity contribution in [2.75, 3.05) is 52.9 Å². The van der Waals surface area contributed by atoms with Gasteiger partial charge >= 0.3 is 23.9 Å². The molecule has 0 bridgehead atoms. The average Bonchev–Trinajstić information content (AvgIpc) is 0.954. The van der Waals surface area contributed by atoms with Crippen LogP contribution >= 0.6 is 0 Å². The van der Waals surface area contributed by atoms with Crippen molar-refractivity contribution >= 4 is 23.9 Å². The first kappa shape index (κ1) is 73.6. The maximum absolute atomic E-state index is 13.4. The summed E-state index contributed by atoms with van der Waals surface area (Å²) < 4.78 is 53.0. The smallest absolute Gasteiger partial charge is 0.306 e. The van der Waals surface area contributed by atoms with Crippen LogP contribution in [0.3, 0.4) is 0 Å². The summed E-state index contributed by atoms with van der Waals surface area (Å²) in [4.78, 5) is 53.0. The topological polar surface area (TPSA) is 247 Å². The van der Waals surface area contributed by atoms with Gasteiger partial charge in [0.05, 0.1) is 86.2 Å². The maximum atomic E-state index is 13.4. The third-order valence-electron chi connectivity index (χ3n) is 16.0. The van der Waals surface area contributed by atoms with Gasteiger partial charge < -0.3 is 42.6 Å². The van der Waals surface area contributed by atoms with Crippen molar-refractivity contribution < 1.29 is 61.8 Å². The number of ether oxygens (including phenoxy) is 9. The molecule has 508 valence electrons. The summed E-state index contributed by atoms with van der Waals surface area (Å²) in [5.74, 6) is 0.890. The number of unbranched alkanes of at least 4 members (excludes halogenated alkanes) is 8. The molecule has 99 heavy (non-hydrogen) atoms. The zero-order valence-electron chi connectivity index (χ0n) is 55.7. The van der Waals surface area contributed by atoms with Gasteiger partial charge in [-0.3, -0.25) is 19.2 Å². The van der Waals surface area contributed by atoms with E-state index in [2.05, 4.69) is 24.3 Å². The summed E-state index contributed by atoms with van der Waals surface area (Å²) in [6, 6.07) is 68.9. The third-order valence-corrected chi connectivity index (χ3v) is 16.0. The summed E-state index contributed by atoms with van der Waals surface area (Å²) in [5.41, 5.74) is 10.4. The highest BCUT2D eigenvalue weighted by atomic mass is 16.6. The predicted octanol–water partition coefficient (Wildman–Crippen LogP) is 16.6. The van der Waals surface area contributed by atoms with Crippen molar-refractivity contribution in [1.82, 2.24) is 0 Å². The fourth-order valence-electron chi connectivity index (χ4n) is 10.4. The molecule has 0 spiro atoms. The highest BCUT2D eigenvalue weighted by Gasteiger charge is 2.22. The first-order valence-corrected chi connectivity index (χ1v) is 33.7. The number of hydrogen-bond acceptors (Lipinski definition) is 17. The molecule has 8 aromatic carbocycles. The second-order valence-corrected chi connectivity index (χ2v) is 23.6. The van der Waals surface area contributed by atoms with E-state index in [4.69, 9.17) is 63.7 Å². The molecule has 0 aliphatic heterocycles. The Bertz CT molecular complexity index is 3690. The Morgan fingerprint density at radius 1 is 0.263 bits per heavy atom. The van der Waals surface area contributed by atoms with E-state index in [1.54, 1.807) is 48.5 Å². The maximum Gasteiger partial charge on any atom is 0.306 e. The van der Waals surface area contributed by atoms with Gasteiger partial charge in [0, 0.05) is 25.7 Å². The van der Waals surface area contributed by atoms with Crippen LogP contribution in [0.4, 0.5) is 0 Å². The van der Waals surface area contributed by atoms with Gasteiger partial charge in [-0.1, -0.05) is 97.1 Å². The minimum absolute atomic E-state index is 0.0896. The van der Waals surface area contributed by atoms with Crippen LogP contribution in [0.1, 0.15) is 125 Å². The summed E-state index contributed by atoms with van der Waals surface area (Å²) >= 11 is 0. The Hall–Kier alpha value is -11.2. The average molecular weight is 1330 g/mol. The van der Waals surface area contributed by atoms with Crippen LogP contribution in [0.25, 0.3) is 44.5 Å². The lowest BCUT2D eigenvalue weighted by atomic mass is 10.0. The van der Waals surface area contributed by atoms with E-state index < -0.39 is 36.1 Å². The van der Waals surface area contributed by atoms with E-state index in [1.807, 2.05) is 146 Å².